The second-order valence-electron chi connectivity index (χ2n) is 9.26. The highest BCUT2D eigenvalue weighted by Gasteiger charge is 2.72. The van der Waals surface area contributed by atoms with Crippen molar-refractivity contribution in [3.8, 4) is 0 Å². The zero-order chi connectivity index (χ0) is 17.6. The Morgan fingerprint density at radius 3 is 2.04 bits per heavy atom. The van der Waals surface area contributed by atoms with Gasteiger partial charge in [0, 0.05) is 24.9 Å². The van der Waals surface area contributed by atoms with Crippen LogP contribution in [0.15, 0.2) is 5.16 Å². The fraction of sp³-hybridized carbons (Fsp3) is 0.895. The summed E-state index contributed by atoms with van der Waals surface area (Å²) >= 11 is 0. The largest absolute Gasteiger partial charge is 0.411 e. The van der Waals surface area contributed by atoms with Crippen LogP contribution < -0.4 is 0 Å². The van der Waals surface area contributed by atoms with Crippen LogP contribution in [0.1, 0.15) is 67.7 Å². The number of carbonyl (C=O) groups is 1. The third kappa shape index (κ3) is 2.49. The van der Waals surface area contributed by atoms with Crippen molar-refractivity contribution >= 4 is 11.6 Å². The Labute approximate surface area is 141 Å². The third-order valence-electron chi connectivity index (χ3n) is 6.72. The van der Waals surface area contributed by atoms with Crippen molar-refractivity contribution in [3.63, 3.8) is 0 Å². The van der Waals surface area contributed by atoms with Crippen LogP contribution in [0, 0.1) is 28.1 Å². The van der Waals surface area contributed by atoms with Crippen LogP contribution in [0.5, 0.6) is 0 Å². The Morgan fingerprint density at radius 2 is 1.65 bits per heavy atom. The smallest absolute Gasteiger partial charge is 0.229 e. The molecule has 2 fully saturated rings. The maximum atomic E-state index is 13.6. The van der Waals surface area contributed by atoms with Gasteiger partial charge in [0.05, 0.1) is 11.1 Å². The van der Waals surface area contributed by atoms with E-state index in [1.807, 2.05) is 0 Å². The minimum atomic E-state index is -0.410. The quantitative estimate of drug-likeness (QED) is 0.610. The van der Waals surface area contributed by atoms with E-state index in [-0.39, 0.29) is 16.7 Å². The van der Waals surface area contributed by atoms with Gasteiger partial charge in [-0.15, -0.1) is 0 Å². The Balaban J connectivity index is 2.40. The number of amides is 1. The van der Waals surface area contributed by atoms with E-state index >= 15 is 0 Å². The van der Waals surface area contributed by atoms with E-state index in [0.29, 0.717) is 18.3 Å². The standard InChI is InChI=1S/C19H34N2O2/c1-13(2)11-21(12-14(3)4)16(22)19-9-8-18(7,17(19,5)6)15(10-19)20-23/h13-14,23H,8-12H2,1-7H3/b20-15+. The zero-order valence-corrected chi connectivity index (χ0v) is 15.9. The average molecular weight is 322 g/mol. The first-order valence-corrected chi connectivity index (χ1v) is 9.02. The molecular weight excluding hydrogens is 288 g/mol. The predicted octanol–water partition coefficient (Wildman–Crippen LogP) is 4.17. The molecule has 0 saturated heterocycles. The molecule has 0 radical (unpaired) electrons. The van der Waals surface area contributed by atoms with Gasteiger partial charge in [-0.05, 0) is 30.1 Å². The number of oxime groups is 1. The molecule has 2 atom stereocenters. The summed E-state index contributed by atoms with van der Waals surface area (Å²) in [6.07, 6.45) is 2.45. The topological polar surface area (TPSA) is 52.9 Å². The van der Waals surface area contributed by atoms with Crippen molar-refractivity contribution in [2.45, 2.75) is 67.7 Å². The summed E-state index contributed by atoms with van der Waals surface area (Å²) in [5.74, 6) is 1.18. The van der Waals surface area contributed by atoms with Crippen molar-refractivity contribution in [2.24, 2.45) is 33.2 Å². The fourth-order valence-electron chi connectivity index (χ4n) is 4.93. The summed E-state index contributed by atoms with van der Waals surface area (Å²) in [7, 11) is 0. The summed E-state index contributed by atoms with van der Waals surface area (Å²) in [5.41, 5.74) is 0.0626. The molecule has 0 heterocycles. The number of hydrogen-bond acceptors (Lipinski definition) is 3. The van der Waals surface area contributed by atoms with Gasteiger partial charge in [-0.2, -0.15) is 0 Å². The number of fused-ring (bicyclic) bond motifs is 2. The van der Waals surface area contributed by atoms with Gasteiger partial charge in [0.2, 0.25) is 5.91 Å². The highest BCUT2D eigenvalue weighted by Crippen LogP contribution is 2.71. The van der Waals surface area contributed by atoms with E-state index in [0.717, 1.165) is 31.6 Å². The lowest BCUT2D eigenvalue weighted by atomic mass is 9.64. The van der Waals surface area contributed by atoms with E-state index in [4.69, 9.17) is 0 Å². The van der Waals surface area contributed by atoms with E-state index < -0.39 is 5.41 Å². The monoisotopic (exact) mass is 322 g/mol. The molecule has 2 aliphatic rings. The first-order valence-electron chi connectivity index (χ1n) is 9.02. The number of hydrogen-bond donors (Lipinski definition) is 1. The molecule has 0 spiro atoms. The number of carbonyl (C=O) groups excluding carboxylic acids is 1. The molecule has 0 aromatic carbocycles. The maximum Gasteiger partial charge on any atom is 0.229 e. The van der Waals surface area contributed by atoms with Gasteiger partial charge in [-0.1, -0.05) is 53.6 Å². The maximum absolute atomic E-state index is 13.6. The van der Waals surface area contributed by atoms with Crippen LogP contribution >= 0.6 is 0 Å². The Bertz CT molecular complexity index is 499. The van der Waals surface area contributed by atoms with Crippen LogP contribution in [-0.2, 0) is 4.79 Å². The molecule has 1 N–H and O–H groups in total. The molecule has 0 aromatic heterocycles. The van der Waals surface area contributed by atoms with Gasteiger partial charge in [0.1, 0.15) is 0 Å². The molecule has 1 amide bonds. The number of nitrogens with zero attached hydrogens (tertiary/aromatic N) is 2. The molecule has 23 heavy (non-hydrogen) atoms. The van der Waals surface area contributed by atoms with Crippen molar-refractivity contribution in [1.82, 2.24) is 4.90 Å². The van der Waals surface area contributed by atoms with Crippen molar-refractivity contribution in [2.75, 3.05) is 13.1 Å². The molecule has 4 heteroatoms. The lowest BCUT2D eigenvalue weighted by Crippen LogP contribution is -2.50. The van der Waals surface area contributed by atoms with Gasteiger partial charge in [-0.3, -0.25) is 4.79 Å². The normalized spacial score (nSPS) is 33.9. The van der Waals surface area contributed by atoms with Crippen LogP contribution in [0.4, 0.5) is 0 Å². The van der Waals surface area contributed by atoms with E-state index in [2.05, 4.69) is 58.5 Å². The molecule has 132 valence electrons. The van der Waals surface area contributed by atoms with E-state index in [1.54, 1.807) is 0 Å². The third-order valence-corrected chi connectivity index (χ3v) is 6.72. The summed E-state index contributed by atoms with van der Waals surface area (Å²) in [5, 5.41) is 13.1. The number of rotatable bonds is 5. The SMILES string of the molecule is CC(C)CN(CC(C)C)C(=O)C12CCC(C)(/C(=N/O)C1)C2(C)C. The molecule has 0 aliphatic heterocycles. The predicted molar refractivity (Wildman–Crippen MR) is 93.6 cm³/mol. The van der Waals surface area contributed by atoms with Gasteiger partial charge in [-0.25, -0.2) is 0 Å². The highest BCUT2D eigenvalue weighted by molar-refractivity contribution is 6.02. The van der Waals surface area contributed by atoms with Gasteiger partial charge >= 0.3 is 0 Å². The Hall–Kier alpha value is -1.06. The summed E-state index contributed by atoms with van der Waals surface area (Å²) < 4.78 is 0. The van der Waals surface area contributed by atoms with Crippen molar-refractivity contribution < 1.29 is 10.0 Å². The molecule has 2 bridgehead atoms. The highest BCUT2D eigenvalue weighted by atomic mass is 16.4. The summed E-state index contributed by atoms with van der Waals surface area (Å²) in [6.45, 7) is 16.8. The van der Waals surface area contributed by atoms with Crippen molar-refractivity contribution in [1.29, 1.82) is 0 Å². The van der Waals surface area contributed by atoms with Gasteiger partial charge < -0.3 is 10.1 Å². The van der Waals surface area contributed by atoms with Crippen LogP contribution in [0.2, 0.25) is 0 Å². The van der Waals surface area contributed by atoms with Crippen molar-refractivity contribution in [3.05, 3.63) is 0 Å². The zero-order valence-electron chi connectivity index (χ0n) is 15.9. The van der Waals surface area contributed by atoms with Gasteiger partial charge in [0.25, 0.3) is 0 Å². The lowest BCUT2D eigenvalue weighted by Gasteiger charge is -2.42. The second kappa shape index (κ2) is 5.78. The molecule has 4 nitrogen and oxygen atoms in total. The van der Waals surface area contributed by atoms with Crippen LogP contribution in [0.25, 0.3) is 0 Å². The van der Waals surface area contributed by atoms with Crippen LogP contribution in [0.3, 0.4) is 0 Å². The Kier molecular flexibility index (Phi) is 4.60. The molecule has 2 saturated carbocycles. The lowest BCUT2D eigenvalue weighted by molar-refractivity contribution is -0.148. The Morgan fingerprint density at radius 1 is 1.13 bits per heavy atom. The van der Waals surface area contributed by atoms with E-state index in [9.17, 15) is 10.0 Å². The molecule has 2 unspecified atom stereocenters. The first kappa shape index (κ1) is 18.3. The molecule has 2 aliphatic carbocycles. The molecule has 2 rings (SSSR count). The second-order valence-corrected chi connectivity index (χ2v) is 9.26. The minimum absolute atomic E-state index is 0.168. The summed E-state index contributed by atoms with van der Waals surface area (Å²) in [4.78, 5) is 15.7. The molecular formula is C19H34N2O2. The average Bonchev–Trinajstić information content (AvgIpc) is 2.74. The fourth-order valence-corrected chi connectivity index (χ4v) is 4.93. The van der Waals surface area contributed by atoms with Crippen LogP contribution in [-0.4, -0.2) is 34.8 Å². The van der Waals surface area contributed by atoms with Gasteiger partial charge in [0.15, 0.2) is 0 Å². The molecule has 0 aromatic rings. The summed E-state index contributed by atoms with van der Waals surface area (Å²) in [6, 6.07) is 0. The van der Waals surface area contributed by atoms with E-state index in [1.165, 1.54) is 0 Å². The minimum Gasteiger partial charge on any atom is -0.411 e. The first-order chi connectivity index (χ1) is 10.5.